The lowest BCUT2D eigenvalue weighted by Crippen LogP contribution is -2.33. The van der Waals surface area contributed by atoms with Gasteiger partial charge in [-0.25, -0.2) is 0 Å². The second-order valence-corrected chi connectivity index (χ2v) is 7.47. The Hall–Kier alpha value is -0.340. The predicted molar refractivity (Wildman–Crippen MR) is 76.4 cm³/mol. The first-order chi connectivity index (χ1) is 8.02. The van der Waals surface area contributed by atoms with E-state index in [2.05, 4.69) is 38.3 Å². The highest BCUT2D eigenvalue weighted by Gasteiger charge is 2.36. The van der Waals surface area contributed by atoms with Gasteiger partial charge in [0.2, 0.25) is 0 Å². The van der Waals surface area contributed by atoms with E-state index in [1.165, 1.54) is 19.3 Å². The summed E-state index contributed by atoms with van der Waals surface area (Å²) in [6.45, 7) is 7.99. The summed E-state index contributed by atoms with van der Waals surface area (Å²) in [5, 5.41) is 2.20. The van der Waals surface area contributed by atoms with Crippen molar-refractivity contribution in [1.29, 1.82) is 0 Å². The van der Waals surface area contributed by atoms with E-state index in [1.54, 1.807) is 4.88 Å². The van der Waals surface area contributed by atoms with Gasteiger partial charge in [0, 0.05) is 4.88 Å². The van der Waals surface area contributed by atoms with Gasteiger partial charge in [-0.2, -0.15) is 0 Å². The van der Waals surface area contributed by atoms with Crippen molar-refractivity contribution in [2.24, 2.45) is 23.0 Å². The van der Waals surface area contributed by atoms with Crippen LogP contribution in [0.2, 0.25) is 0 Å². The number of hydrogen-bond acceptors (Lipinski definition) is 2. The summed E-state index contributed by atoms with van der Waals surface area (Å²) in [4.78, 5) is 1.55. The van der Waals surface area contributed by atoms with Gasteiger partial charge in [-0.1, -0.05) is 26.8 Å². The lowest BCUT2D eigenvalue weighted by Gasteiger charge is -2.41. The fourth-order valence-corrected chi connectivity index (χ4v) is 4.09. The first-order valence-corrected chi connectivity index (χ1v) is 7.63. The lowest BCUT2D eigenvalue weighted by atomic mass is 9.65. The largest absolute Gasteiger partial charge is 0.330 e. The van der Waals surface area contributed by atoms with E-state index in [-0.39, 0.29) is 0 Å². The Morgan fingerprint density at radius 3 is 2.65 bits per heavy atom. The van der Waals surface area contributed by atoms with Crippen LogP contribution in [0.25, 0.3) is 0 Å². The Balaban J connectivity index is 2.15. The molecule has 1 fully saturated rings. The first-order valence-electron chi connectivity index (χ1n) is 6.76. The zero-order chi connectivity index (χ0) is 12.5. The van der Waals surface area contributed by atoms with Gasteiger partial charge in [-0.3, -0.25) is 0 Å². The Kier molecular flexibility index (Phi) is 3.94. The molecular formula is C15H25NS. The van der Waals surface area contributed by atoms with E-state index in [9.17, 15) is 0 Å². The number of thiophene rings is 1. The van der Waals surface area contributed by atoms with E-state index >= 15 is 0 Å². The van der Waals surface area contributed by atoms with E-state index in [0.29, 0.717) is 17.3 Å². The van der Waals surface area contributed by atoms with Crippen molar-refractivity contribution in [3.05, 3.63) is 22.4 Å². The van der Waals surface area contributed by atoms with Crippen LogP contribution in [0.3, 0.4) is 0 Å². The molecule has 1 saturated carbocycles. The Bertz CT molecular complexity index is 336. The van der Waals surface area contributed by atoms with Gasteiger partial charge in [0.25, 0.3) is 0 Å². The van der Waals surface area contributed by atoms with E-state index in [4.69, 9.17) is 5.73 Å². The molecule has 1 aliphatic carbocycles. The summed E-state index contributed by atoms with van der Waals surface area (Å²) in [5.74, 6) is 2.25. The Morgan fingerprint density at radius 2 is 2.12 bits per heavy atom. The zero-order valence-electron chi connectivity index (χ0n) is 11.3. The second-order valence-electron chi connectivity index (χ2n) is 6.49. The van der Waals surface area contributed by atoms with E-state index < -0.39 is 0 Å². The van der Waals surface area contributed by atoms with Crippen molar-refractivity contribution in [2.45, 2.75) is 46.0 Å². The molecular weight excluding hydrogens is 226 g/mol. The molecule has 96 valence electrons. The Morgan fingerprint density at radius 1 is 1.35 bits per heavy atom. The molecule has 1 aliphatic rings. The van der Waals surface area contributed by atoms with E-state index in [1.807, 2.05) is 11.3 Å². The van der Waals surface area contributed by atoms with Crippen LogP contribution >= 0.6 is 11.3 Å². The SMILES string of the molecule is CC(C)(C)C1CCC(CN)C(c2cccs2)C1. The van der Waals surface area contributed by atoms with Crippen molar-refractivity contribution < 1.29 is 0 Å². The third-order valence-corrected chi connectivity index (χ3v) is 5.43. The van der Waals surface area contributed by atoms with Crippen LogP contribution in [0.15, 0.2) is 17.5 Å². The van der Waals surface area contributed by atoms with Crippen molar-refractivity contribution in [3.8, 4) is 0 Å². The lowest BCUT2D eigenvalue weighted by molar-refractivity contribution is 0.134. The minimum Gasteiger partial charge on any atom is -0.330 e. The maximum absolute atomic E-state index is 5.96. The van der Waals surface area contributed by atoms with Gasteiger partial charge >= 0.3 is 0 Å². The molecule has 2 N–H and O–H groups in total. The molecule has 0 aliphatic heterocycles. The van der Waals surface area contributed by atoms with Crippen LogP contribution in [0.1, 0.15) is 50.8 Å². The summed E-state index contributed by atoms with van der Waals surface area (Å²) in [6, 6.07) is 4.47. The minimum absolute atomic E-state index is 0.440. The molecule has 1 aromatic heterocycles. The maximum atomic E-state index is 5.96. The molecule has 1 heterocycles. The minimum atomic E-state index is 0.440. The Labute approximate surface area is 109 Å². The standard InChI is InChI=1S/C15H25NS/c1-15(2,3)12-7-6-11(10-16)13(9-12)14-5-4-8-17-14/h4-5,8,11-13H,6-7,9-10,16H2,1-3H3. The molecule has 0 amide bonds. The fraction of sp³-hybridized carbons (Fsp3) is 0.733. The third kappa shape index (κ3) is 2.92. The molecule has 1 aromatic rings. The highest BCUT2D eigenvalue weighted by Crippen LogP contribution is 2.47. The van der Waals surface area contributed by atoms with Gasteiger partial charge in [-0.15, -0.1) is 11.3 Å². The van der Waals surface area contributed by atoms with Crippen LogP contribution in [-0.4, -0.2) is 6.54 Å². The molecule has 0 bridgehead atoms. The van der Waals surface area contributed by atoms with Gasteiger partial charge in [-0.05, 0) is 60.4 Å². The molecule has 0 saturated heterocycles. The molecule has 0 radical (unpaired) electrons. The monoisotopic (exact) mass is 251 g/mol. The van der Waals surface area contributed by atoms with Crippen LogP contribution in [-0.2, 0) is 0 Å². The molecule has 17 heavy (non-hydrogen) atoms. The van der Waals surface area contributed by atoms with Crippen molar-refractivity contribution in [3.63, 3.8) is 0 Å². The van der Waals surface area contributed by atoms with Gasteiger partial charge in [0.1, 0.15) is 0 Å². The van der Waals surface area contributed by atoms with Crippen LogP contribution in [0, 0.1) is 17.3 Å². The number of hydrogen-bond donors (Lipinski definition) is 1. The predicted octanol–water partition coefficient (Wildman–Crippen LogP) is 4.25. The maximum Gasteiger partial charge on any atom is 0.00795 e. The molecule has 2 heteroatoms. The molecule has 0 spiro atoms. The topological polar surface area (TPSA) is 26.0 Å². The van der Waals surface area contributed by atoms with Crippen molar-refractivity contribution >= 4 is 11.3 Å². The van der Waals surface area contributed by atoms with Crippen LogP contribution < -0.4 is 5.73 Å². The smallest absolute Gasteiger partial charge is 0.00795 e. The molecule has 0 aromatic carbocycles. The summed E-state index contributed by atoms with van der Waals surface area (Å²) in [5.41, 5.74) is 6.40. The highest BCUT2D eigenvalue weighted by atomic mass is 32.1. The average molecular weight is 251 g/mol. The number of nitrogens with two attached hydrogens (primary N) is 1. The summed E-state index contributed by atoms with van der Waals surface area (Å²) in [6.07, 6.45) is 3.99. The van der Waals surface area contributed by atoms with E-state index in [0.717, 1.165) is 12.5 Å². The summed E-state index contributed by atoms with van der Waals surface area (Å²) < 4.78 is 0. The average Bonchev–Trinajstić information content (AvgIpc) is 2.80. The molecule has 3 atom stereocenters. The zero-order valence-corrected chi connectivity index (χ0v) is 12.1. The quantitative estimate of drug-likeness (QED) is 0.835. The van der Waals surface area contributed by atoms with Crippen molar-refractivity contribution in [1.82, 2.24) is 0 Å². The normalized spacial score (nSPS) is 30.5. The van der Waals surface area contributed by atoms with Crippen LogP contribution in [0.4, 0.5) is 0 Å². The molecule has 3 unspecified atom stereocenters. The van der Waals surface area contributed by atoms with Gasteiger partial charge in [0.05, 0.1) is 0 Å². The first kappa shape index (κ1) is 13.1. The second kappa shape index (κ2) is 5.11. The fourth-order valence-electron chi connectivity index (χ4n) is 3.15. The van der Waals surface area contributed by atoms with Crippen LogP contribution in [0.5, 0.6) is 0 Å². The summed E-state index contributed by atoms with van der Waals surface area (Å²) in [7, 11) is 0. The number of rotatable bonds is 2. The molecule has 1 nitrogen and oxygen atoms in total. The van der Waals surface area contributed by atoms with Crippen molar-refractivity contribution in [2.75, 3.05) is 6.54 Å². The third-order valence-electron chi connectivity index (χ3n) is 4.43. The summed E-state index contributed by atoms with van der Waals surface area (Å²) >= 11 is 1.91. The van der Waals surface area contributed by atoms with Gasteiger partial charge in [0.15, 0.2) is 0 Å². The van der Waals surface area contributed by atoms with Gasteiger partial charge < -0.3 is 5.73 Å². The molecule has 2 rings (SSSR count). The highest BCUT2D eigenvalue weighted by molar-refractivity contribution is 7.10.